The van der Waals surface area contributed by atoms with Gasteiger partial charge in [-0.15, -0.1) is 0 Å². The van der Waals surface area contributed by atoms with Gasteiger partial charge < -0.3 is 10.4 Å². The molecule has 9 heteroatoms. The van der Waals surface area contributed by atoms with Crippen LogP contribution in [0.2, 0.25) is 0 Å². The Bertz CT molecular complexity index is 853. The third-order valence-electron chi connectivity index (χ3n) is 4.60. The molecule has 0 spiro atoms. The molecular formula is C18H16F3N3O3. The maximum Gasteiger partial charge on any atom is 0.416 e. The normalized spacial score (nSPS) is 19.7. The van der Waals surface area contributed by atoms with E-state index in [1.807, 2.05) is 0 Å². The zero-order valence-electron chi connectivity index (χ0n) is 14.0. The molecular weight excluding hydrogens is 363 g/mol. The van der Waals surface area contributed by atoms with E-state index >= 15 is 0 Å². The number of aromatic carboxylic acids is 1. The molecule has 0 bridgehead atoms. The summed E-state index contributed by atoms with van der Waals surface area (Å²) in [5.74, 6) is -2.33. The van der Waals surface area contributed by atoms with Gasteiger partial charge in [0, 0.05) is 12.0 Å². The standard InChI is InChI=1S/C18H16F3N3O3/c19-18(20,21)12-6-2-1-4-10(12)11-5-3-7-13(11)24-16(25)14-8-23-15(9-22-14)17(26)27/h1-2,4,6,8-9,11,13H,3,5,7H2,(H,24,25)(H,26,27). The summed E-state index contributed by atoms with van der Waals surface area (Å²) in [5, 5.41) is 11.5. The zero-order valence-corrected chi connectivity index (χ0v) is 14.0. The Morgan fingerprint density at radius 3 is 2.37 bits per heavy atom. The lowest BCUT2D eigenvalue weighted by molar-refractivity contribution is -0.138. The number of halogens is 3. The second-order valence-electron chi connectivity index (χ2n) is 6.29. The minimum atomic E-state index is -4.47. The van der Waals surface area contributed by atoms with Crippen LogP contribution >= 0.6 is 0 Å². The molecule has 0 aliphatic heterocycles. The Morgan fingerprint density at radius 1 is 1.07 bits per heavy atom. The van der Waals surface area contributed by atoms with E-state index in [0.717, 1.165) is 18.5 Å². The lowest BCUT2D eigenvalue weighted by Crippen LogP contribution is -2.37. The van der Waals surface area contributed by atoms with Crippen molar-refractivity contribution in [3.8, 4) is 0 Å². The summed E-state index contributed by atoms with van der Waals surface area (Å²) in [6.45, 7) is 0. The maximum atomic E-state index is 13.3. The van der Waals surface area contributed by atoms with Crippen molar-refractivity contribution in [2.45, 2.75) is 37.4 Å². The molecule has 27 heavy (non-hydrogen) atoms. The Balaban J connectivity index is 1.79. The number of aromatic nitrogens is 2. The van der Waals surface area contributed by atoms with Crippen molar-refractivity contribution >= 4 is 11.9 Å². The molecule has 1 aromatic heterocycles. The summed E-state index contributed by atoms with van der Waals surface area (Å²) in [7, 11) is 0. The minimum absolute atomic E-state index is 0.0882. The molecule has 2 N–H and O–H groups in total. The van der Waals surface area contributed by atoms with Gasteiger partial charge in [0.15, 0.2) is 5.69 Å². The number of alkyl halides is 3. The molecule has 1 aliphatic rings. The van der Waals surface area contributed by atoms with Crippen LogP contribution in [0.3, 0.4) is 0 Å². The third kappa shape index (κ3) is 4.07. The van der Waals surface area contributed by atoms with E-state index in [9.17, 15) is 22.8 Å². The summed E-state index contributed by atoms with van der Waals surface area (Å²) in [6, 6.07) is 4.91. The van der Waals surface area contributed by atoms with Crippen molar-refractivity contribution in [2.24, 2.45) is 0 Å². The molecule has 1 saturated carbocycles. The van der Waals surface area contributed by atoms with Crippen molar-refractivity contribution in [1.29, 1.82) is 0 Å². The molecule has 1 fully saturated rings. The van der Waals surface area contributed by atoms with E-state index in [2.05, 4.69) is 15.3 Å². The van der Waals surface area contributed by atoms with Gasteiger partial charge in [-0.05, 0) is 24.5 Å². The highest BCUT2D eigenvalue weighted by Gasteiger charge is 2.39. The molecule has 2 atom stereocenters. The van der Waals surface area contributed by atoms with Crippen LogP contribution in [0.1, 0.15) is 57.3 Å². The Labute approximate surface area is 152 Å². The summed E-state index contributed by atoms with van der Waals surface area (Å²) in [6.07, 6.45) is -0.711. The van der Waals surface area contributed by atoms with E-state index in [-0.39, 0.29) is 17.0 Å². The van der Waals surface area contributed by atoms with Crippen LogP contribution in [0.5, 0.6) is 0 Å². The molecule has 0 saturated heterocycles. The molecule has 2 unspecified atom stereocenters. The van der Waals surface area contributed by atoms with E-state index in [4.69, 9.17) is 5.11 Å². The first-order valence-corrected chi connectivity index (χ1v) is 8.29. The van der Waals surface area contributed by atoms with Crippen LogP contribution in [0.25, 0.3) is 0 Å². The molecule has 2 aromatic rings. The number of carboxylic acid groups (broad SMARTS) is 1. The summed E-state index contributed by atoms with van der Waals surface area (Å²) < 4.78 is 39.9. The monoisotopic (exact) mass is 379 g/mol. The Hall–Kier alpha value is -2.97. The maximum absolute atomic E-state index is 13.3. The molecule has 3 rings (SSSR count). The number of benzene rings is 1. The van der Waals surface area contributed by atoms with Gasteiger partial charge in [0.1, 0.15) is 5.69 Å². The number of nitrogens with one attached hydrogen (secondary N) is 1. The van der Waals surface area contributed by atoms with Crippen molar-refractivity contribution in [3.05, 3.63) is 59.2 Å². The first kappa shape index (κ1) is 18.8. The van der Waals surface area contributed by atoms with Gasteiger partial charge in [0.05, 0.1) is 18.0 Å². The quantitative estimate of drug-likeness (QED) is 0.851. The van der Waals surface area contributed by atoms with Gasteiger partial charge in [-0.2, -0.15) is 13.2 Å². The fourth-order valence-electron chi connectivity index (χ4n) is 3.38. The molecule has 1 amide bonds. The smallest absolute Gasteiger partial charge is 0.416 e. The first-order valence-electron chi connectivity index (χ1n) is 8.29. The number of amides is 1. The molecule has 142 valence electrons. The number of hydrogen-bond donors (Lipinski definition) is 2. The number of carbonyl (C=O) groups excluding carboxylic acids is 1. The van der Waals surface area contributed by atoms with Gasteiger partial charge in [-0.1, -0.05) is 24.6 Å². The molecule has 6 nitrogen and oxygen atoms in total. The Kier molecular flexibility index (Phi) is 5.11. The number of hydrogen-bond acceptors (Lipinski definition) is 4. The number of carboxylic acids is 1. The van der Waals surface area contributed by atoms with Crippen LogP contribution < -0.4 is 5.32 Å². The second kappa shape index (κ2) is 7.34. The van der Waals surface area contributed by atoms with E-state index in [0.29, 0.717) is 19.3 Å². The summed E-state index contributed by atoms with van der Waals surface area (Å²) >= 11 is 0. The second-order valence-corrected chi connectivity index (χ2v) is 6.29. The van der Waals surface area contributed by atoms with Gasteiger partial charge in [-0.25, -0.2) is 14.8 Å². The van der Waals surface area contributed by atoms with Crippen molar-refractivity contribution in [3.63, 3.8) is 0 Å². The number of carbonyl (C=O) groups is 2. The highest BCUT2D eigenvalue weighted by atomic mass is 19.4. The fraction of sp³-hybridized carbons (Fsp3) is 0.333. The average Bonchev–Trinajstić information content (AvgIpc) is 3.09. The van der Waals surface area contributed by atoms with Gasteiger partial charge in [-0.3, -0.25) is 4.79 Å². The van der Waals surface area contributed by atoms with E-state index in [1.54, 1.807) is 6.07 Å². The van der Waals surface area contributed by atoms with E-state index < -0.39 is 35.6 Å². The molecule has 1 aliphatic carbocycles. The van der Waals surface area contributed by atoms with Crippen molar-refractivity contribution in [1.82, 2.24) is 15.3 Å². The molecule has 0 radical (unpaired) electrons. The highest BCUT2D eigenvalue weighted by Crippen LogP contribution is 2.41. The van der Waals surface area contributed by atoms with Crippen molar-refractivity contribution < 1.29 is 27.9 Å². The molecule has 1 heterocycles. The van der Waals surface area contributed by atoms with Gasteiger partial charge in [0.2, 0.25) is 0 Å². The fourth-order valence-corrected chi connectivity index (χ4v) is 3.38. The van der Waals surface area contributed by atoms with Crippen LogP contribution in [0, 0.1) is 0 Å². The van der Waals surface area contributed by atoms with Crippen molar-refractivity contribution in [2.75, 3.05) is 0 Å². The lowest BCUT2D eigenvalue weighted by Gasteiger charge is -2.24. The zero-order chi connectivity index (χ0) is 19.6. The predicted molar refractivity (Wildman–Crippen MR) is 88.3 cm³/mol. The van der Waals surface area contributed by atoms with Crippen LogP contribution in [0.15, 0.2) is 36.7 Å². The van der Waals surface area contributed by atoms with Crippen LogP contribution in [0.4, 0.5) is 13.2 Å². The Morgan fingerprint density at radius 2 is 1.74 bits per heavy atom. The average molecular weight is 379 g/mol. The number of rotatable bonds is 4. The van der Waals surface area contributed by atoms with Gasteiger partial charge >= 0.3 is 12.1 Å². The third-order valence-corrected chi connectivity index (χ3v) is 4.60. The minimum Gasteiger partial charge on any atom is -0.476 e. The highest BCUT2D eigenvalue weighted by molar-refractivity contribution is 5.93. The number of nitrogens with zero attached hydrogens (tertiary/aromatic N) is 2. The summed E-state index contributed by atoms with van der Waals surface area (Å²) in [4.78, 5) is 30.5. The summed E-state index contributed by atoms with van der Waals surface area (Å²) in [5.41, 5.74) is -0.916. The topological polar surface area (TPSA) is 92.2 Å². The van der Waals surface area contributed by atoms with Crippen LogP contribution in [-0.2, 0) is 6.18 Å². The largest absolute Gasteiger partial charge is 0.476 e. The first-order chi connectivity index (χ1) is 12.8. The predicted octanol–water partition coefficient (Wildman–Crippen LogP) is 3.26. The lowest BCUT2D eigenvalue weighted by atomic mass is 9.89. The van der Waals surface area contributed by atoms with Crippen LogP contribution in [-0.4, -0.2) is 33.0 Å². The van der Waals surface area contributed by atoms with Gasteiger partial charge in [0.25, 0.3) is 5.91 Å². The molecule has 1 aromatic carbocycles. The SMILES string of the molecule is O=C(O)c1cnc(C(=O)NC2CCCC2c2ccccc2C(F)(F)F)cn1. The van der Waals surface area contributed by atoms with E-state index in [1.165, 1.54) is 12.1 Å².